The van der Waals surface area contributed by atoms with Crippen molar-refractivity contribution in [3.05, 3.63) is 33.9 Å². The number of hydrogen-bond acceptors (Lipinski definition) is 5. The average Bonchev–Trinajstić information content (AvgIpc) is 2.45. The number of nitro benzene ring substituents is 1. The van der Waals surface area contributed by atoms with E-state index in [0.29, 0.717) is 13.1 Å². The number of halogens is 2. The molecular weight excluding hydrogens is 282 g/mol. The first-order valence-corrected chi connectivity index (χ1v) is 6.76. The number of likely N-dealkylation sites (N-methyl/N-ethyl adjacent to an activating group) is 1. The first-order valence-electron chi connectivity index (χ1n) is 6.76. The lowest BCUT2D eigenvalue weighted by molar-refractivity contribution is -0.384. The standard InChI is InChI=1S/C13H18F2N4O2/c1-17-6-8-18(9-7-17)5-4-16-13-11(19(20)21)3-2-10(14)12(13)15/h2-3,16H,4-9H2,1H3. The Morgan fingerprint density at radius 1 is 1.29 bits per heavy atom. The molecule has 0 aliphatic carbocycles. The second-order valence-electron chi connectivity index (χ2n) is 5.08. The number of hydrogen-bond donors (Lipinski definition) is 1. The normalized spacial score (nSPS) is 16.9. The van der Waals surface area contributed by atoms with Crippen molar-refractivity contribution in [2.24, 2.45) is 0 Å². The van der Waals surface area contributed by atoms with E-state index in [1.165, 1.54) is 0 Å². The molecule has 0 amide bonds. The average molecular weight is 300 g/mol. The van der Waals surface area contributed by atoms with Crippen LogP contribution in [0.4, 0.5) is 20.2 Å². The molecule has 116 valence electrons. The molecule has 1 aromatic rings. The van der Waals surface area contributed by atoms with Gasteiger partial charge < -0.3 is 10.2 Å². The van der Waals surface area contributed by atoms with Crippen molar-refractivity contribution in [2.45, 2.75) is 0 Å². The summed E-state index contributed by atoms with van der Waals surface area (Å²) in [5.41, 5.74) is -0.832. The van der Waals surface area contributed by atoms with E-state index in [4.69, 9.17) is 0 Å². The van der Waals surface area contributed by atoms with E-state index in [9.17, 15) is 18.9 Å². The Morgan fingerprint density at radius 2 is 1.95 bits per heavy atom. The highest BCUT2D eigenvalue weighted by atomic mass is 19.2. The molecule has 6 nitrogen and oxygen atoms in total. The van der Waals surface area contributed by atoms with Crippen LogP contribution in [0, 0.1) is 21.7 Å². The molecule has 2 rings (SSSR count). The Hall–Kier alpha value is -1.80. The summed E-state index contributed by atoms with van der Waals surface area (Å²) >= 11 is 0. The van der Waals surface area contributed by atoms with E-state index in [1.54, 1.807) is 0 Å². The zero-order valence-corrected chi connectivity index (χ0v) is 11.8. The minimum absolute atomic E-state index is 0.324. The van der Waals surface area contributed by atoms with Crippen LogP contribution >= 0.6 is 0 Å². The van der Waals surface area contributed by atoms with Crippen molar-refractivity contribution < 1.29 is 13.7 Å². The van der Waals surface area contributed by atoms with Gasteiger partial charge in [-0.15, -0.1) is 0 Å². The molecule has 0 bridgehead atoms. The summed E-state index contributed by atoms with van der Waals surface area (Å²) in [5, 5.41) is 13.5. The minimum Gasteiger partial charge on any atom is -0.376 e. The van der Waals surface area contributed by atoms with Crippen LogP contribution in [-0.2, 0) is 0 Å². The van der Waals surface area contributed by atoms with Gasteiger partial charge in [0, 0.05) is 45.3 Å². The molecule has 0 atom stereocenters. The van der Waals surface area contributed by atoms with Crippen LogP contribution in [0.25, 0.3) is 0 Å². The fraction of sp³-hybridized carbons (Fsp3) is 0.538. The number of benzene rings is 1. The van der Waals surface area contributed by atoms with E-state index < -0.39 is 22.2 Å². The lowest BCUT2D eigenvalue weighted by atomic mass is 10.2. The molecule has 0 saturated carbocycles. The highest BCUT2D eigenvalue weighted by Crippen LogP contribution is 2.28. The first kappa shape index (κ1) is 15.6. The Bertz CT molecular complexity index is 519. The molecule has 1 aromatic carbocycles. The van der Waals surface area contributed by atoms with Crippen LogP contribution in [0.3, 0.4) is 0 Å². The number of piperazine rings is 1. The fourth-order valence-electron chi connectivity index (χ4n) is 2.27. The number of nitrogens with zero attached hydrogens (tertiary/aromatic N) is 3. The monoisotopic (exact) mass is 300 g/mol. The SMILES string of the molecule is CN1CCN(CCNc2c([N+](=O)[O-])ccc(F)c2F)CC1. The molecule has 0 aromatic heterocycles. The van der Waals surface area contributed by atoms with Crippen LogP contribution in [0.2, 0.25) is 0 Å². The third-order valence-corrected chi connectivity index (χ3v) is 3.60. The second kappa shape index (κ2) is 6.77. The first-order chi connectivity index (χ1) is 9.99. The largest absolute Gasteiger partial charge is 0.376 e. The van der Waals surface area contributed by atoms with Gasteiger partial charge in [-0.2, -0.15) is 0 Å². The van der Waals surface area contributed by atoms with Crippen LogP contribution < -0.4 is 5.32 Å². The maximum Gasteiger partial charge on any atom is 0.295 e. The predicted molar refractivity (Wildman–Crippen MR) is 75.4 cm³/mol. The molecule has 1 saturated heterocycles. The second-order valence-corrected chi connectivity index (χ2v) is 5.08. The molecule has 1 N–H and O–H groups in total. The summed E-state index contributed by atoms with van der Waals surface area (Å²) in [6.07, 6.45) is 0. The molecule has 1 fully saturated rings. The predicted octanol–water partition coefficient (Wildman–Crippen LogP) is 1.53. The fourth-order valence-corrected chi connectivity index (χ4v) is 2.27. The van der Waals surface area contributed by atoms with Gasteiger partial charge in [0.25, 0.3) is 5.69 Å². The summed E-state index contributed by atoms with van der Waals surface area (Å²) in [4.78, 5) is 14.5. The van der Waals surface area contributed by atoms with Gasteiger partial charge in [-0.1, -0.05) is 0 Å². The molecule has 8 heteroatoms. The summed E-state index contributed by atoms with van der Waals surface area (Å²) in [5.74, 6) is -2.30. The van der Waals surface area contributed by atoms with E-state index >= 15 is 0 Å². The summed E-state index contributed by atoms with van der Waals surface area (Å²) in [6.45, 7) is 4.65. The summed E-state index contributed by atoms with van der Waals surface area (Å²) in [6, 6.07) is 1.73. The van der Waals surface area contributed by atoms with Crippen LogP contribution in [0.5, 0.6) is 0 Å². The van der Waals surface area contributed by atoms with E-state index in [1.807, 2.05) is 7.05 Å². The molecule has 1 aliphatic heterocycles. The Kier molecular flexibility index (Phi) is 5.03. The molecular formula is C13H18F2N4O2. The highest BCUT2D eigenvalue weighted by Gasteiger charge is 2.21. The van der Waals surface area contributed by atoms with Gasteiger partial charge in [-0.05, 0) is 13.1 Å². The Labute approximate surface area is 121 Å². The topological polar surface area (TPSA) is 61.6 Å². The van der Waals surface area contributed by atoms with Gasteiger partial charge in [0.05, 0.1) is 4.92 Å². The van der Waals surface area contributed by atoms with Crippen molar-refractivity contribution in [1.29, 1.82) is 0 Å². The lowest BCUT2D eigenvalue weighted by Gasteiger charge is -2.32. The minimum atomic E-state index is -1.21. The quantitative estimate of drug-likeness (QED) is 0.660. The van der Waals surface area contributed by atoms with E-state index in [0.717, 1.165) is 38.3 Å². The zero-order chi connectivity index (χ0) is 15.4. The Balaban J connectivity index is 1.96. The van der Waals surface area contributed by atoms with Crippen molar-refractivity contribution >= 4 is 11.4 Å². The lowest BCUT2D eigenvalue weighted by Crippen LogP contribution is -2.45. The summed E-state index contributed by atoms with van der Waals surface area (Å²) in [7, 11) is 2.04. The van der Waals surface area contributed by atoms with Crippen LogP contribution in [0.1, 0.15) is 0 Å². The number of nitrogens with one attached hydrogen (secondary N) is 1. The smallest absolute Gasteiger partial charge is 0.295 e. The number of anilines is 1. The third-order valence-electron chi connectivity index (χ3n) is 3.60. The van der Waals surface area contributed by atoms with Crippen molar-refractivity contribution in [1.82, 2.24) is 9.80 Å². The van der Waals surface area contributed by atoms with Gasteiger partial charge in [0.1, 0.15) is 0 Å². The molecule has 0 radical (unpaired) electrons. The van der Waals surface area contributed by atoms with Crippen LogP contribution in [0.15, 0.2) is 12.1 Å². The van der Waals surface area contributed by atoms with Crippen molar-refractivity contribution in [3.8, 4) is 0 Å². The van der Waals surface area contributed by atoms with Gasteiger partial charge in [0.2, 0.25) is 0 Å². The highest BCUT2D eigenvalue weighted by molar-refractivity contribution is 5.62. The maximum absolute atomic E-state index is 13.7. The van der Waals surface area contributed by atoms with Crippen LogP contribution in [-0.4, -0.2) is 61.0 Å². The molecule has 21 heavy (non-hydrogen) atoms. The van der Waals surface area contributed by atoms with Gasteiger partial charge in [-0.3, -0.25) is 15.0 Å². The van der Waals surface area contributed by atoms with Gasteiger partial charge in [-0.25, -0.2) is 8.78 Å². The number of nitro groups is 1. The van der Waals surface area contributed by atoms with Crippen molar-refractivity contribution in [3.63, 3.8) is 0 Å². The van der Waals surface area contributed by atoms with E-state index in [2.05, 4.69) is 15.1 Å². The van der Waals surface area contributed by atoms with Gasteiger partial charge in [0.15, 0.2) is 17.3 Å². The van der Waals surface area contributed by atoms with Gasteiger partial charge >= 0.3 is 0 Å². The Morgan fingerprint density at radius 3 is 2.57 bits per heavy atom. The molecule has 1 aliphatic rings. The van der Waals surface area contributed by atoms with Crippen molar-refractivity contribution in [2.75, 3.05) is 51.6 Å². The number of rotatable bonds is 5. The molecule has 1 heterocycles. The van der Waals surface area contributed by atoms with E-state index in [-0.39, 0.29) is 5.69 Å². The molecule has 0 spiro atoms. The summed E-state index contributed by atoms with van der Waals surface area (Å²) < 4.78 is 26.9. The third kappa shape index (κ3) is 3.85. The maximum atomic E-state index is 13.7. The molecule has 0 unspecified atom stereocenters. The zero-order valence-electron chi connectivity index (χ0n) is 11.8.